The standard InChI is InChI=1S/C21H25NO5/c1-25-17-11-16(12-18(14-17)26-2)9-10-20(23)22-19(21(24)27-3)13-15-7-5-4-6-8-15/h4-8,11-12,14,19H,9-10,13H2,1-3H3,(H,22,23)/t19-/m0/s1. The average Bonchev–Trinajstić information content (AvgIpc) is 2.71. The first-order chi connectivity index (χ1) is 13.0. The number of esters is 1. The molecule has 0 aromatic heterocycles. The van der Waals surface area contributed by atoms with Crippen molar-refractivity contribution in [3.05, 3.63) is 59.7 Å². The quantitative estimate of drug-likeness (QED) is 0.686. The van der Waals surface area contributed by atoms with Crippen LogP contribution in [-0.4, -0.2) is 39.2 Å². The van der Waals surface area contributed by atoms with Crippen molar-refractivity contribution in [2.75, 3.05) is 21.3 Å². The van der Waals surface area contributed by atoms with Gasteiger partial charge < -0.3 is 19.5 Å². The fourth-order valence-corrected chi connectivity index (χ4v) is 2.72. The van der Waals surface area contributed by atoms with E-state index in [1.165, 1.54) is 7.11 Å². The maximum absolute atomic E-state index is 12.4. The Hall–Kier alpha value is -3.02. The van der Waals surface area contributed by atoms with Gasteiger partial charge in [-0.2, -0.15) is 0 Å². The number of amides is 1. The van der Waals surface area contributed by atoms with Crippen LogP contribution >= 0.6 is 0 Å². The summed E-state index contributed by atoms with van der Waals surface area (Å²) >= 11 is 0. The number of aryl methyl sites for hydroxylation is 1. The van der Waals surface area contributed by atoms with Crippen LogP contribution in [0.4, 0.5) is 0 Å². The van der Waals surface area contributed by atoms with Crippen LogP contribution in [0.25, 0.3) is 0 Å². The molecule has 2 aromatic carbocycles. The zero-order chi connectivity index (χ0) is 19.6. The molecular formula is C21H25NO5. The Morgan fingerprint density at radius 1 is 0.926 bits per heavy atom. The molecule has 27 heavy (non-hydrogen) atoms. The minimum absolute atomic E-state index is 0.219. The Kier molecular flexibility index (Phi) is 7.67. The fraction of sp³-hybridized carbons (Fsp3) is 0.333. The normalized spacial score (nSPS) is 11.4. The van der Waals surface area contributed by atoms with Crippen LogP contribution in [0.15, 0.2) is 48.5 Å². The number of rotatable bonds is 9. The van der Waals surface area contributed by atoms with Gasteiger partial charge in [0.2, 0.25) is 5.91 Å². The monoisotopic (exact) mass is 371 g/mol. The smallest absolute Gasteiger partial charge is 0.328 e. The van der Waals surface area contributed by atoms with E-state index < -0.39 is 12.0 Å². The van der Waals surface area contributed by atoms with Crippen molar-refractivity contribution in [2.24, 2.45) is 0 Å². The van der Waals surface area contributed by atoms with E-state index in [2.05, 4.69) is 5.32 Å². The van der Waals surface area contributed by atoms with Gasteiger partial charge in [0.25, 0.3) is 0 Å². The van der Waals surface area contributed by atoms with Crippen LogP contribution in [-0.2, 0) is 27.2 Å². The molecular weight excluding hydrogens is 346 g/mol. The first-order valence-electron chi connectivity index (χ1n) is 8.68. The van der Waals surface area contributed by atoms with Gasteiger partial charge in [0.1, 0.15) is 17.5 Å². The number of ether oxygens (including phenoxy) is 3. The summed E-state index contributed by atoms with van der Waals surface area (Å²) in [6, 6.07) is 14.3. The lowest BCUT2D eigenvalue weighted by molar-refractivity contribution is -0.145. The lowest BCUT2D eigenvalue weighted by atomic mass is 10.0. The van der Waals surface area contributed by atoms with Crippen molar-refractivity contribution in [2.45, 2.75) is 25.3 Å². The molecule has 2 rings (SSSR count). The molecule has 0 aliphatic carbocycles. The molecule has 0 heterocycles. The van der Waals surface area contributed by atoms with E-state index in [0.29, 0.717) is 24.3 Å². The highest BCUT2D eigenvalue weighted by Crippen LogP contribution is 2.23. The molecule has 144 valence electrons. The molecule has 1 amide bonds. The summed E-state index contributed by atoms with van der Waals surface area (Å²) in [6.45, 7) is 0. The summed E-state index contributed by atoms with van der Waals surface area (Å²) in [5.41, 5.74) is 1.87. The molecule has 0 unspecified atom stereocenters. The Morgan fingerprint density at radius 2 is 1.56 bits per heavy atom. The third-order valence-corrected chi connectivity index (χ3v) is 4.16. The van der Waals surface area contributed by atoms with Gasteiger partial charge in [0, 0.05) is 18.9 Å². The molecule has 0 saturated carbocycles. The third-order valence-electron chi connectivity index (χ3n) is 4.16. The highest BCUT2D eigenvalue weighted by atomic mass is 16.5. The molecule has 6 heteroatoms. The number of nitrogens with one attached hydrogen (secondary N) is 1. The molecule has 6 nitrogen and oxygen atoms in total. The highest BCUT2D eigenvalue weighted by molar-refractivity contribution is 5.84. The number of methoxy groups -OCH3 is 3. The zero-order valence-electron chi connectivity index (χ0n) is 15.9. The Morgan fingerprint density at radius 3 is 2.11 bits per heavy atom. The van der Waals surface area contributed by atoms with Crippen molar-refractivity contribution in [3.8, 4) is 11.5 Å². The number of benzene rings is 2. The van der Waals surface area contributed by atoms with E-state index in [1.54, 1.807) is 20.3 Å². The SMILES string of the molecule is COC(=O)[C@H](Cc1ccccc1)NC(=O)CCc1cc(OC)cc(OC)c1. The second-order valence-electron chi connectivity index (χ2n) is 6.05. The molecule has 0 aliphatic heterocycles. The van der Waals surface area contributed by atoms with Gasteiger partial charge in [-0.25, -0.2) is 4.79 Å². The van der Waals surface area contributed by atoms with Gasteiger partial charge in [0.05, 0.1) is 21.3 Å². The molecule has 0 saturated heterocycles. The lowest BCUT2D eigenvalue weighted by Gasteiger charge is -2.17. The largest absolute Gasteiger partial charge is 0.497 e. The van der Waals surface area contributed by atoms with E-state index in [4.69, 9.17) is 14.2 Å². The van der Waals surface area contributed by atoms with Gasteiger partial charge >= 0.3 is 5.97 Å². The number of hydrogen-bond donors (Lipinski definition) is 1. The number of hydrogen-bond acceptors (Lipinski definition) is 5. The van der Waals surface area contributed by atoms with E-state index in [0.717, 1.165) is 11.1 Å². The van der Waals surface area contributed by atoms with E-state index >= 15 is 0 Å². The minimum atomic E-state index is -0.718. The minimum Gasteiger partial charge on any atom is -0.497 e. The van der Waals surface area contributed by atoms with Gasteiger partial charge in [-0.15, -0.1) is 0 Å². The first-order valence-corrected chi connectivity index (χ1v) is 8.68. The summed E-state index contributed by atoms with van der Waals surface area (Å²) in [7, 11) is 4.47. The molecule has 0 radical (unpaired) electrons. The van der Waals surface area contributed by atoms with Crippen LogP contribution in [0.2, 0.25) is 0 Å². The maximum Gasteiger partial charge on any atom is 0.328 e. The van der Waals surface area contributed by atoms with Crippen LogP contribution in [0.3, 0.4) is 0 Å². The predicted molar refractivity (Wildman–Crippen MR) is 102 cm³/mol. The van der Waals surface area contributed by atoms with Gasteiger partial charge in [-0.1, -0.05) is 30.3 Å². The molecule has 2 aromatic rings. The van der Waals surface area contributed by atoms with Crippen molar-refractivity contribution < 1.29 is 23.8 Å². The van der Waals surface area contributed by atoms with Crippen molar-refractivity contribution >= 4 is 11.9 Å². The van der Waals surface area contributed by atoms with E-state index in [1.807, 2.05) is 42.5 Å². The molecule has 0 aliphatic rings. The van der Waals surface area contributed by atoms with Crippen LogP contribution in [0.5, 0.6) is 11.5 Å². The second-order valence-corrected chi connectivity index (χ2v) is 6.05. The summed E-state index contributed by atoms with van der Waals surface area (Å²) in [6.07, 6.45) is 1.11. The first kappa shape index (κ1) is 20.3. The number of carbonyl (C=O) groups is 2. The van der Waals surface area contributed by atoms with Crippen LogP contribution in [0.1, 0.15) is 17.5 Å². The molecule has 1 atom stereocenters. The number of carbonyl (C=O) groups excluding carboxylic acids is 2. The Bertz CT molecular complexity index is 738. The van der Waals surface area contributed by atoms with Crippen molar-refractivity contribution in [3.63, 3.8) is 0 Å². The maximum atomic E-state index is 12.4. The highest BCUT2D eigenvalue weighted by Gasteiger charge is 2.21. The summed E-state index contributed by atoms with van der Waals surface area (Å²) < 4.78 is 15.3. The van der Waals surface area contributed by atoms with E-state index in [9.17, 15) is 9.59 Å². The Labute approximate surface area is 159 Å². The molecule has 1 N–H and O–H groups in total. The van der Waals surface area contributed by atoms with Crippen LogP contribution in [0, 0.1) is 0 Å². The zero-order valence-corrected chi connectivity index (χ0v) is 15.9. The van der Waals surface area contributed by atoms with E-state index in [-0.39, 0.29) is 12.3 Å². The summed E-state index contributed by atoms with van der Waals surface area (Å²) in [5, 5.41) is 2.77. The topological polar surface area (TPSA) is 73.9 Å². The van der Waals surface area contributed by atoms with Gasteiger partial charge in [-0.05, 0) is 29.7 Å². The average molecular weight is 371 g/mol. The predicted octanol–water partition coefficient (Wildman–Crippen LogP) is 2.54. The van der Waals surface area contributed by atoms with Crippen molar-refractivity contribution in [1.82, 2.24) is 5.32 Å². The Balaban J connectivity index is 1.98. The third kappa shape index (κ3) is 6.33. The molecule has 0 fully saturated rings. The van der Waals surface area contributed by atoms with Crippen LogP contribution < -0.4 is 14.8 Å². The summed E-state index contributed by atoms with van der Waals surface area (Å²) in [4.78, 5) is 24.4. The second kappa shape index (κ2) is 10.2. The fourth-order valence-electron chi connectivity index (χ4n) is 2.72. The van der Waals surface area contributed by atoms with Gasteiger partial charge in [0.15, 0.2) is 0 Å². The van der Waals surface area contributed by atoms with Crippen molar-refractivity contribution in [1.29, 1.82) is 0 Å². The molecule has 0 bridgehead atoms. The summed E-state index contributed by atoms with van der Waals surface area (Å²) in [5.74, 6) is 0.654. The van der Waals surface area contributed by atoms with Gasteiger partial charge in [-0.3, -0.25) is 4.79 Å². The molecule has 0 spiro atoms. The lowest BCUT2D eigenvalue weighted by Crippen LogP contribution is -2.43.